The molecule has 106 valence electrons. The first-order valence-corrected chi connectivity index (χ1v) is 6.63. The third kappa shape index (κ3) is 3.37. The van der Waals surface area contributed by atoms with Crippen molar-refractivity contribution in [1.29, 1.82) is 0 Å². The Morgan fingerprint density at radius 2 is 1.70 bits per heavy atom. The van der Waals surface area contributed by atoms with Crippen molar-refractivity contribution in [2.75, 3.05) is 11.1 Å². The van der Waals surface area contributed by atoms with Crippen LogP contribution in [-0.2, 0) is 6.18 Å². The second kappa shape index (κ2) is 5.54. The molecular formula is C13H9BrClF3N2. The van der Waals surface area contributed by atoms with E-state index in [1.165, 1.54) is 12.1 Å². The Bertz CT molecular complexity index is 644. The highest BCUT2D eigenvalue weighted by molar-refractivity contribution is 9.10. The number of nitrogen functional groups attached to an aromatic ring is 1. The van der Waals surface area contributed by atoms with Gasteiger partial charge in [0.2, 0.25) is 0 Å². The quantitative estimate of drug-likeness (QED) is 0.695. The molecule has 0 bridgehead atoms. The predicted octanol–water partition coefficient (Wildman–Crippen LogP) is 5.45. The first-order valence-electron chi connectivity index (χ1n) is 5.46. The Morgan fingerprint density at radius 3 is 2.30 bits per heavy atom. The van der Waals surface area contributed by atoms with E-state index in [1.807, 2.05) is 0 Å². The van der Waals surface area contributed by atoms with E-state index in [9.17, 15) is 13.2 Å². The summed E-state index contributed by atoms with van der Waals surface area (Å²) >= 11 is 8.85. The summed E-state index contributed by atoms with van der Waals surface area (Å²) in [5.41, 5.74) is 5.54. The maximum absolute atomic E-state index is 13.0. The summed E-state index contributed by atoms with van der Waals surface area (Å²) in [4.78, 5) is 0. The molecule has 2 rings (SSSR count). The van der Waals surface area contributed by atoms with Crippen molar-refractivity contribution in [3.8, 4) is 0 Å². The molecule has 0 atom stereocenters. The predicted molar refractivity (Wildman–Crippen MR) is 78.3 cm³/mol. The Kier molecular flexibility index (Phi) is 4.15. The second-order valence-corrected chi connectivity index (χ2v) is 5.40. The molecule has 0 heterocycles. The molecule has 0 amide bonds. The van der Waals surface area contributed by atoms with Gasteiger partial charge in [0.15, 0.2) is 0 Å². The summed E-state index contributed by atoms with van der Waals surface area (Å²) in [6.45, 7) is 0. The highest BCUT2D eigenvalue weighted by Gasteiger charge is 2.33. The zero-order valence-electron chi connectivity index (χ0n) is 9.93. The van der Waals surface area contributed by atoms with Gasteiger partial charge in [0.25, 0.3) is 0 Å². The number of nitrogens with one attached hydrogen (secondary N) is 1. The van der Waals surface area contributed by atoms with E-state index in [1.54, 1.807) is 18.2 Å². The fourth-order valence-corrected chi connectivity index (χ4v) is 2.20. The van der Waals surface area contributed by atoms with Crippen LogP contribution >= 0.6 is 27.5 Å². The van der Waals surface area contributed by atoms with Gasteiger partial charge in [-0.15, -0.1) is 0 Å². The molecule has 0 fully saturated rings. The van der Waals surface area contributed by atoms with Gasteiger partial charge < -0.3 is 11.1 Å². The molecule has 3 N–H and O–H groups in total. The SMILES string of the molecule is Nc1cc(Br)ccc1Nc1ccc(Cl)cc1C(F)(F)F. The molecule has 2 aromatic carbocycles. The lowest BCUT2D eigenvalue weighted by molar-refractivity contribution is -0.136. The highest BCUT2D eigenvalue weighted by atomic mass is 79.9. The maximum atomic E-state index is 13.0. The maximum Gasteiger partial charge on any atom is 0.418 e. The van der Waals surface area contributed by atoms with E-state index in [2.05, 4.69) is 21.2 Å². The van der Waals surface area contributed by atoms with Crippen LogP contribution in [0.1, 0.15) is 5.56 Å². The van der Waals surface area contributed by atoms with Crippen LogP contribution in [0.5, 0.6) is 0 Å². The van der Waals surface area contributed by atoms with Crippen molar-refractivity contribution in [3.05, 3.63) is 51.5 Å². The van der Waals surface area contributed by atoms with E-state index >= 15 is 0 Å². The third-order valence-electron chi connectivity index (χ3n) is 2.57. The number of hydrogen-bond acceptors (Lipinski definition) is 2. The number of rotatable bonds is 2. The zero-order chi connectivity index (χ0) is 14.9. The third-order valence-corrected chi connectivity index (χ3v) is 3.30. The first kappa shape index (κ1) is 15.0. The minimum atomic E-state index is -4.50. The van der Waals surface area contributed by atoms with E-state index < -0.39 is 11.7 Å². The van der Waals surface area contributed by atoms with E-state index in [4.69, 9.17) is 17.3 Å². The molecule has 0 saturated heterocycles. The molecule has 0 spiro atoms. The molecule has 0 saturated carbocycles. The average Bonchev–Trinajstić information content (AvgIpc) is 2.33. The molecule has 0 unspecified atom stereocenters. The van der Waals surface area contributed by atoms with Crippen LogP contribution < -0.4 is 11.1 Å². The summed E-state index contributed by atoms with van der Waals surface area (Å²) in [7, 11) is 0. The van der Waals surface area contributed by atoms with Crippen LogP contribution in [0.3, 0.4) is 0 Å². The van der Waals surface area contributed by atoms with Crippen LogP contribution in [0.25, 0.3) is 0 Å². The van der Waals surface area contributed by atoms with Gasteiger partial charge in [0.05, 0.1) is 22.6 Å². The van der Waals surface area contributed by atoms with Crippen molar-refractivity contribution in [2.45, 2.75) is 6.18 Å². The normalized spacial score (nSPS) is 11.4. The molecule has 0 aliphatic carbocycles. The van der Waals surface area contributed by atoms with Gasteiger partial charge >= 0.3 is 6.18 Å². The Morgan fingerprint density at radius 1 is 1.05 bits per heavy atom. The second-order valence-electron chi connectivity index (χ2n) is 4.04. The number of halogens is 5. The molecule has 2 aromatic rings. The van der Waals surface area contributed by atoms with Gasteiger partial charge in [0, 0.05) is 9.50 Å². The fraction of sp³-hybridized carbons (Fsp3) is 0.0769. The molecule has 0 aromatic heterocycles. The number of alkyl halides is 3. The summed E-state index contributed by atoms with van der Waals surface area (Å²) in [6.07, 6.45) is -4.50. The molecule has 0 radical (unpaired) electrons. The largest absolute Gasteiger partial charge is 0.418 e. The van der Waals surface area contributed by atoms with Gasteiger partial charge in [-0.25, -0.2) is 0 Å². The number of anilines is 3. The summed E-state index contributed by atoms with van der Waals surface area (Å²) in [5, 5.41) is 2.70. The van der Waals surface area contributed by atoms with Crippen molar-refractivity contribution in [1.82, 2.24) is 0 Å². The lowest BCUT2D eigenvalue weighted by Crippen LogP contribution is -2.09. The van der Waals surface area contributed by atoms with Gasteiger partial charge in [-0.3, -0.25) is 0 Å². The molecule has 2 nitrogen and oxygen atoms in total. The molecular weight excluding hydrogens is 357 g/mol. The standard InChI is InChI=1S/C13H9BrClF3N2/c14-7-1-3-12(10(19)5-7)20-11-4-2-8(15)6-9(11)13(16,17)18/h1-6,20H,19H2. The van der Waals surface area contributed by atoms with Crippen molar-refractivity contribution < 1.29 is 13.2 Å². The minimum absolute atomic E-state index is 0.0200. The lowest BCUT2D eigenvalue weighted by Gasteiger charge is -2.16. The van der Waals surface area contributed by atoms with E-state index in [-0.39, 0.29) is 10.7 Å². The number of nitrogens with two attached hydrogens (primary N) is 1. The van der Waals surface area contributed by atoms with Crippen LogP contribution in [0, 0.1) is 0 Å². The Balaban J connectivity index is 2.43. The van der Waals surface area contributed by atoms with E-state index in [0.717, 1.165) is 10.5 Å². The number of hydrogen-bond donors (Lipinski definition) is 2. The van der Waals surface area contributed by atoms with Gasteiger partial charge in [-0.2, -0.15) is 13.2 Å². The van der Waals surface area contributed by atoms with Crippen LogP contribution in [-0.4, -0.2) is 0 Å². The van der Waals surface area contributed by atoms with Crippen molar-refractivity contribution >= 4 is 44.6 Å². The minimum Gasteiger partial charge on any atom is -0.397 e. The topological polar surface area (TPSA) is 38.0 Å². The summed E-state index contributed by atoms with van der Waals surface area (Å²) in [5.74, 6) is 0. The fourth-order valence-electron chi connectivity index (χ4n) is 1.65. The zero-order valence-corrected chi connectivity index (χ0v) is 12.3. The van der Waals surface area contributed by atoms with Gasteiger partial charge in [-0.05, 0) is 36.4 Å². The van der Waals surface area contributed by atoms with Crippen molar-refractivity contribution in [3.63, 3.8) is 0 Å². The van der Waals surface area contributed by atoms with Gasteiger partial charge in [-0.1, -0.05) is 27.5 Å². The molecule has 7 heteroatoms. The molecule has 20 heavy (non-hydrogen) atoms. The Labute approximate surface area is 126 Å². The van der Waals surface area contributed by atoms with Crippen LogP contribution in [0.2, 0.25) is 5.02 Å². The molecule has 0 aliphatic heterocycles. The smallest absolute Gasteiger partial charge is 0.397 e. The van der Waals surface area contributed by atoms with Crippen LogP contribution in [0.4, 0.5) is 30.2 Å². The van der Waals surface area contributed by atoms with Gasteiger partial charge in [0.1, 0.15) is 0 Å². The highest BCUT2D eigenvalue weighted by Crippen LogP contribution is 2.38. The average molecular weight is 366 g/mol. The monoisotopic (exact) mass is 364 g/mol. The van der Waals surface area contributed by atoms with E-state index in [0.29, 0.717) is 11.4 Å². The summed E-state index contributed by atoms with van der Waals surface area (Å²) < 4.78 is 39.6. The number of benzene rings is 2. The molecule has 0 aliphatic rings. The lowest BCUT2D eigenvalue weighted by atomic mass is 10.1. The van der Waals surface area contributed by atoms with Crippen molar-refractivity contribution in [2.24, 2.45) is 0 Å². The first-order chi connectivity index (χ1) is 9.27. The van der Waals surface area contributed by atoms with Crippen LogP contribution in [0.15, 0.2) is 40.9 Å². The summed E-state index contributed by atoms with van der Waals surface area (Å²) in [6, 6.07) is 8.40. The Hall–Kier alpha value is -1.40.